The minimum atomic E-state index is -3.22. The van der Waals surface area contributed by atoms with E-state index in [1.807, 2.05) is 18.2 Å². The molecule has 4 rings (SSSR count). The van der Waals surface area contributed by atoms with Crippen molar-refractivity contribution < 1.29 is 13.5 Å². The molecular weight excluding hydrogens is 348 g/mol. The molecule has 0 radical (unpaired) electrons. The molecule has 0 unspecified atom stereocenters. The van der Waals surface area contributed by atoms with Crippen LogP contribution in [0.2, 0.25) is 0 Å². The largest absolute Gasteiger partial charge is 0.387 e. The number of nitrogens with zero attached hydrogens (tertiary/aromatic N) is 2. The Bertz CT molecular complexity index is 764. The Balaban J connectivity index is 1.42. The van der Waals surface area contributed by atoms with E-state index in [1.165, 1.54) is 42.7 Å². The average molecular weight is 379 g/mol. The molecule has 0 spiro atoms. The van der Waals surface area contributed by atoms with E-state index in [1.54, 1.807) is 0 Å². The third-order valence-electron chi connectivity index (χ3n) is 6.55. The molecule has 0 amide bonds. The Morgan fingerprint density at radius 2 is 1.92 bits per heavy atom. The highest BCUT2D eigenvalue weighted by molar-refractivity contribution is 7.92. The lowest BCUT2D eigenvalue weighted by Gasteiger charge is -2.41. The van der Waals surface area contributed by atoms with Crippen LogP contribution in [0.5, 0.6) is 0 Å². The maximum atomic E-state index is 11.9. The quantitative estimate of drug-likeness (QED) is 0.875. The van der Waals surface area contributed by atoms with Gasteiger partial charge in [-0.25, -0.2) is 8.42 Å². The van der Waals surface area contributed by atoms with Gasteiger partial charge in [0, 0.05) is 19.6 Å². The first-order chi connectivity index (χ1) is 12.4. The Hall–Kier alpha value is -1.11. The van der Waals surface area contributed by atoms with Crippen LogP contribution < -0.4 is 4.31 Å². The zero-order valence-corrected chi connectivity index (χ0v) is 16.4. The van der Waals surface area contributed by atoms with Crippen LogP contribution in [0.3, 0.4) is 0 Å². The summed E-state index contributed by atoms with van der Waals surface area (Å²) in [4.78, 5) is 2.42. The minimum Gasteiger partial charge on any atom is -0.387 e. The number of anilines is 1. The summed E-state index contributed by atoms with van der Waals surface area (Å²) in [6.07, 6.45) is 8.22. The summed E-state index contributed by atoms with van der Waals surface area (Å²) in [5.41, 5.74) is 2.70. The number of hydrogen-bond acceptors (Lipinski definition) is 4. The second-order valence-electron chi connectivity index (χ2n) is 8.34. The van der Waals surface area contributed by atoms with Crippen molar-refractivity contribution in [2.45, 2.75) is 44.6 Å². The molecule has 2 fully saturated rings. The second-order valence-corrected chi connectivity index (χ2v) is 10.2. The predicted molar refractivity (Wildman–Crippen MR) is 104 cm³/mol. The zero-order chi connectivity index (χ0) is 18.3. The maximum Gasteiger partial charge on any atom is 0.232 e. The minimum absolute atomic E-state index is 0.503. The van der Waals surface area contributed by atoms with Crippen LogP contribution in [-0.4, -0.2) is 50.9 Å². The molecular formula is C20H30N2O3S. The van der Waals surface area contributed by atoms with E-state index in [-0.39, 0.29) is 0 Å². The number of hydrogen-bond donors (Lipinski definition) is 1. The van der Waals surface area contributed by atoms with Crippen molar-refractivity contribution >= 4 is 15.7 Å². The van der Waals surface area contributed by atoms with E-state index in [9.17, 15) is 13.5 Å². The second kappa shape index (κ2) is 7.13. The molecule has 1 aromatic carbocycles. The van der Waals surface area contributed by atoms with Crippen molar-refractivity contribution in [1.82, 2.24) is 4.90 Å². The first-order valence-electron chi connectivity index (χ1n) is 9.93. The molecule has 3 atom stereocenters. The lowest BCUT2D eigenvalue weighted by Crippen LogP contribution is -2.43. The molecule has 1 N–H and O–H groups in total. The fourth-order valence-electron chi connectivity index (χ4n) is 5.14. The topological polar surface area (TPSA) is 60.9 Å². The highest BCUT2D eigenvalue weighted by atomic mass is 32.2. The summed E-state index contributed by atoms with van der Waals surface area (Å²) in [5.74, 6) is 1.71. The lowest BCUT2D eigenvalue weighted by molar-refractivity contribution is 0.0459. The van der Waals surface area contributed by atoms with Gasteiger partial charge >= 0.3 is 0 Å². The van der Waals surface area contributed by atoms with E-state index in [0.717, 1.165) is 48.2 Å². The third kappa shape index (κ3) is 3.64. The summed E-state index contributed by atoms with van der Waals surface area (Å²) >= 11 is 0. The van der Waals surface area contributed by atoms with Crippen LogP contribution in [0.4, 0.5) is 5.69 Å². The van der Waals surface area contributed by atoms with Crippen LogP contribution in [0, 0.1) is 11.8 Å². The summed E-state index contributed by atoms with van der Waals surface area (Å²) in [7, 11) is -3.22. The monoisotopic (exact) mass is 378 g/mol. The van der Waals surface area contributed by atoms with Gasteiger partial charge in [-0.1, -0.05) is 31.4 Å². The van der Waals surface area contributed by atoms with E-state index < -0.39 is 16.1 Å². The Labute approximate surface area is 157 Å². The summed E-state index contributed by atoms with van der Waals surface area (Å²) in [6, 6.07) is 5.74. The van der Waals surface area contributed by atoms with E-state index in [4.69, 9.17) is 0 Å². The van der Waals surface area contributed by atoms with Gasteiger partial charge in [-0.05, 0) is 54.8 Å². The molecule has 0 aromatic heterocycles. The molecule has 3 aliphatic rings. The predicted octanol–water partition coefficient (Wildman–Crippen LogP) is 2.55. The molecule has 1 saturated carbocycles. The van der Waals surface area contributed by atoms with Gasteiger partial charge < -0.3 is 10.0 Å². The van der Waals surface area contributed by atoms with Crippen LogP contribution in [0.1, 0.15) is 49.3 Å². The highest BCUT2D eigenvalue weighted by Crippen LogP contribution is 2.37. The smallest absolute Gasteiger partial charge is 0.232 e. The summed E-state index contributed by atoms with van der Waals surface area (Å²) in [5, 5.41) is 10.8. The first kappa shape index (κ1) is 18.3. The average Bonchev–Trinajstić information content (AvgIpc) is 3.05. The number of β-amino-alcohol motifs (C(OH)–C–C–N with tert-alkyl or cyclic N) is 1. The van der Waals surface area contributed by atoms with Crippen LogP contribution in [0.15, 0.2) is 18.2 Å². The Kier molecular flexibility index (Phi) is 5.01. The fraction of sp³-hybridized carbons (Fsp3) is 0.700. The normalized spacial score (nSPS) is 27.8. The first-order valence-corrected chi connectivity index (χ1v) is 11.8. The van der Waals surface area contributed by atoms with Crippen LogP contribution in [-0.2, 0) is 16.4 Å². The van der Waals surface area contributed by atoms with Gasteiger partial charge in [0.1, 0.15) is 0 Å². The number of benzene rings is 1. The fourth-order valence-corrected chi connectivity index (χ4v) is 6.09. The van der Waals surface area contributed by atoms with Gasteiger partial charge in [0.05, 0.1) is 18.0 Å². The standard InChI is InChI=1S/C20H30N2O3S/c1-26(24,25)22-11-9-16-12-17(6-7-19(16)22)20(23)14-21-10-8-15-4-2-3-5-18(15)13-21/h6-7,12,15,18,20,23H,2-5,8-11,13-14H2,1H3/t15-,18+,20-/m1/s1. The molecule has 144 valence electrons. The molecule has 2 heterocycles. The van der Waals surface area contributed by atoms with Crippen molar-refractivity contribution in [2.75, 3.05) is 36.7 Å². The van der Waals surface area contributed by atoms with Crippen molar-refractivity contribution in [1.29, 1.82) is 0 Å². The molecule has 26 heavy (non-hydrogen) atoms. The van der Waals surface area contributed by atoms with E-state index in [0.29, 0.717) is 13.1 Å². The molecule has 5 nitrogen and oxygen atoms in total. The van der Waals surface area contributed by atoms with Crippen molar-refractivity contribution in [2.24, 2.45) is 11.8 Å². The maximum absolute atomic E-state index is 11.9. The summed E-state index contributed by atoms with van der Waals surface area (Å²) in [6.45, 7) is 3.39. The van der Waals surface area contributed by atoms with Crippen molar-refractivity contribution in [3.63, 3.8) is 0 Å². The number of sulfonamides is 1. The van der Waals surface area contributed by atoms with Gasteiger partial charge in [0.15, 0.2) is 0 Å². The number of aliphatic hydroxyl groups excluding tert-OH is 1. The molecule has 1 aliphatic carbocycles. The van der Waals surface area contributed by atoms with Gasteiger partial charge in [-0.15, -0.1) is 0 Å². The molecule has 2 aliphatic heterocycles. The van der Waals surface area contributed by atoms with E-state index in [2.05, 4.69) is 4.90 Å². The van der Waals surface area contributed by atoms with Crippen LogP contribution >= 0.6 is 0 Å². The van der Waals surface area contributed by atoms with Gasteiger partial charge in [0.25, 0.3) is 0 Å². The van der Waals surface area contributed by atoms with E-state index >= 15 is 0 Å². The van der Waals surface area contributed by atoms with Gasteiger partial charge in [-0.3, -0.25) is 4.31 Å². The number of rotatable bonds is 4. The van der Waals surface area contributed by atoms with Crippen LogP contribution in [0.25, 0.3) is 0 Å². The van der Waals surface area contributed by atoms with Crippen molar-refractivity contribution in [3.8, 4) is 0 Å². The number of aliphatic hydroxyl groups is 1. The third-order valence-corrected chi connectivity index (χ3v) is 7.73. The Morgan fingerprint density at radius 3 is 2.69 bits per heavy atom. The number of likely N-dealkylation sites (tertiary alicyclic amines) is 1. The number of fused-ring (bicyclic) bond motifs is 2. The lowest BCUT2D eigenvalue weighted by atomic mass is 9.75. The zero-order valence-electron chi connectivity index (χ0n) is 15.6. The van der Waals surface area contributed by atoms with Crippen molar-refractivity contribution in [3.05, 3.63) is 29.3 Å². The molecule has 1 aromatic rings. The molecule has 6 heteroatoms. The Morgan fingerprint density at radius 1 is 1.15 bits per heavy atom. The van der Waals surface area contributed by atoms with Gasteiger partial charge in [-0.2, -0.15) is 0 Å². The van der Waals surface area contributed by atoms with Gasteiger partial charge in [0.2, 0.25) is 10.0 Å². The highest BCUT2D eigenvalue weighted by Gasteiger charge is 2.32. The molecule has 0 bridgehead atoms. The number of piperidine rings is 1. The SMILES string of the molecule is CS(=O)(=O)N1CCc2cc([C@H](O)CN3CC[C@H]4CCCC[C@H]4C3)ccc21. The molecule has 1 saturated heterocycles. The summed E-state index contributed by atoms with van der Waals surface area (Å²) < 4.78 is 25.2.